The van der Waals surface area contributed by atoms with E-state index < -0.39 is 12.0 Å². The molecule has 1 aliphatic rings. The van der Waals surface area contributed by atoms with Gasteiger partial charge in [-0.3, -0.25) is 9.59 Å². The molecule has 2 heterocycles. The van der Waals surface area contributed by atoms with Crippen molar-refractivity contribution < 1.29 is 24.2 Å². The number of hydrogen-bond acceptors (Lipinski definition) is 6. The van der Waals surface area contributed by atoms with E-state index in [0.717, 1.165) is 10.6 Å². The minimum absolute atomic E-state index is 0.0403. The fourth-order valence-electron chi connectivity index (χ4n) is 2.07. The topological polar surface area (TPSA) is 97.8 Å². The van der Waals surface area contributed by atoms with Gasteiger partial charge in [0.05, 0.1) is 12.1 Å². The predicted octanol–water partition coefficient (Wildman–Crippen LogP) is 1.67. The molecule has 3 rings (SSSR count). The molecule has 1 aliphatic heterocycles. The first-order chi connectivity index (χ1) is 11.0. The van der Waals surface area contributed by atoms with E-state index in [2.05, 4.69) is 10.3 Å². The second-order valence-corrected chi connectivity index (χ2v) is 5.87. The smallest absolute Gasteiger partial charge is 0.325 e. The second kappa shape index (κ2) is 6.25. The molecule has 1 aromatic carbocycles. The van der Waals surface area contributed by atoms with Crippen LogP contribution in [0.1, 0.15) is 12.6 Å². The Morgan fingerprint density at radius 3 is 2.96 bits per heavy atom. The van der Waals surface area contributed by atoms with Gasteiger partial charge in [-0.2, -0.15) is 0 Å². The summed E-state index contributed by atoms with van der Waals surface area (Å²) in [5.74, 6) is -0.0695. The zero-order valence-electron chi connectivity index (χ0n) is 12.2. The summed E-state index contributed by atoms with van der Waals surface area (Å²) in [4.78, 5) is 26.9. The van der Waals surface area contributed by atoms with Crippen molar-refractivity contribution in [1.82, 2.24) is 10.3 Å². The minimum Gasteiger partial charge on any atom is -0.480 e. The summed E-state index contributed by atoms with van der Waals surface area (Å²) < 4.78 is 10.6. The van der Waals surface area contributed by atoms with Gasteiger partial charge in [0.25, 0.3) is 0 Å². The molecule has 0 unspecified atom stereocenters. The Morgan fingerprint density at radius 1 is 1.39 bits per heavy atom. The number of benzene rings is 1. The maximum atomic E-state index is 11.8. The van der Waals surface area contributed by atoms with Gasteiger partial charge in [-0.1, -0.05) is 0 Å². The molecule has 2 N–H and O–H groups in total. The molecule has 8 heteroatoms. The molecule has 0 saturated heterocycles. The molecule has 7 nitrogen and oxygen atoms in total. The Bertz CT molecular complexity index is 758. The number of carboxylic acids is 1. The zero-order chi connectivity index (χ0) is 16.4. The van der Waals surface area contributed by atoms with Crippen LogP contribution in [0.2, 0.25) is 0 Å². The van der Waals surface area contributed by atoms with Crippen molar-refractivity contribution >= 4 is 23.2 Å². The highest BCUT2D eigenvalue weighted by molar-refractivity contribution is 7.13. The number of aliphatic carboxylic acids is 1. The maximum absolute atomic E-state index is 11.8. The summed E-state index contributed by atoms with van der Waals surface area (Å²) in [5, 5.41) is 13.7. The predicted molar refractivity (Wildman–Crippen MR) is 82.6 cm³/mol. The number of carbonyl (C=O) groups excluding carboxylic acids is 1. The van der Waals surface area contributed by atoms with Crippen LogP contribution < -0.4 is 14.8 Å². The third kappa shape index (κ3) is 3.42. The number of nitrogens with one attached hydrogen (secondary N) is 1. The standard InChI is InChI=1S/C15H14N2O5S/c1-8(15(19)20)16-13(18)5-10-6-23-14(17-10)9-2-3-11-12(4-9)22-7-21-11/h2-4,6,8H,5,7H2,1H3,(H,16,18)(H,19,20)/t8-/m0/s1. The van der Waals surface area contributed by atoms with Crippen molar-refractivity contribution in [2.75, 3.05) is 6.79 Å². The lowest BCUT2D eigenvalue weighted by Gasteiger charge is -2.07. The number of ether oxygens (including phenoxy) is 2. The molecular formula is C15H14N2O5S. The van der Waals surface area contributed by atoms with E-state index in [4.69, 9.17) is 14.6 Å². The third-order valence-electron chi connectivity index (χ3n) is 3.26. The first kappa shape index (κ1) is 15.3. The summed E-state index contributed by atoms with van der Waals surface area (Å²) in [6, 6.07) is 4.62. The molecule has 23 heavy (non-hydrogen) atoms. The van der Waals surface area contributed by atoms with Gasteiger partial charge < -0.3 is 19.9 Å². The second-order valence-electron chi connectivity index (χ2n) is 5.02. The SMILES string of the molecule is C[C@H](NC(=O)Cc1csc(-c2ccc3c(c2)OCO3)n1)C(=O)O. The average Bonchev–Trinajstić information content (AvgIpc) is 3.14. The van der Waals surface area contributed by atoms with Crippen molar-refractivity contribution in [3.63, 3.8) is 0 Å². The number of carboxylic acid groups (broad SMARTS) is 1. The normalized spacial score (nSPS) is 13.6. The van der Waals surface area contributed by atoms with E-state index in [9.17, 15) is 9.59 Å². The van der Waals surface area contributed by atoms with Crippen molar-refractivity contribution in [3.05, 3.63) is 29.3 Å². The lowest BCUT2D eigenvalue weighted by Crippen LogP contribution is -2.39. The lowest BCUT2D eigenvalue weighted by atomic mass is 10.2. The molecule has 2 aromatic rings. The van der Waals surface area contributed by atoms with E-state index >= 15 is 0 Å². The van der Waals surface area contributed by atoms with Crippen molar-refractivity contribution in [2.45, 2.75) is 19.4 Å². The molecule has 0 spiro atoms. The molecule has 1 atom stereocenters. The van der Waals surface area contributed by atoms with Crippen molar-refractivity contribution in [3.8, 4) is 22.1 Å². The number of aromatic nitrogens is 1. The number of fused-ring (bicyclic) bond motifs is 1. The molecule has 120 valence electrons. The summed E-state index contributed by atoms with van der Waals surface area (Å²) in [5.41, 5.74) is 1.47. The van der Waals surface area contributed by atoms with Crippen LogP contribution in [0.25, 0.3) is 10.6 Å². The van der Waals surface area contributed by atoms with Crippen LogP contribution in [-0.4, -0.2) is 34.8 Å². The Labute approximate surface area is 135 Å². The van der Waals surface area contributed by atoms with Crippen LogP contribution in [0.4, 0.5) is 0 Å². The largest absolute Gasteiger partial charge is 0.480 e. The Kier molecular flexibility index (Phi) is 4.16. The molecule has 0 saturated carbocycles. The molecule has 0 aliphatic carbocycles. The fraction of sp³-hybridized carbons (Fsp3) is 0.267. The summed E-state index contributed by atoms with van der Waals surface area (Å²) in [7, 11) is 0. The lowest BCUT2D eigenvalue weighted by molar-refractivity contribution is -0.141. The van der Waals surface area contributed by atoms with Gasteiger partial charge in [0.1, 0.15) is 11.0 Å². The maximum Gasteiger partial charge on any atom is 0.325 e. The van der Waals surface area contributed by atoms with Crippen LogP contribution in [-0.2, 0) is 16.0 Å². The van der Waals surface area contributed by atoms with E-state index in [1.165, 1.54) is 18.3 Å². The van der Waals surface area contributed by atoms with Crippen LogP contribution in [0.3, 0.4) is 0 Å². The van der Waals surface area contributed by atoms with Gasteiger partial charge in [0.15, 0.2) is 11.5 Å². The monoisotopic (exact) mass is 334 g/mol. The Balaban J connectivity index is 1.68. The number of nitrogens with zero attached hydrogens (tertiary/aromatic N) is 1. The first-order valence-electron chi connectivity index (χ1n) is 6.89. The molecule has 0 radical (unpaired) electrons. The van der Waals surface area contributed by atoms with E-state index in [1.807, 2.05) is 18.2 Å². The van der Waals surface area contributed by atoms with Gasteiger partial charge in [-0.05, 0) is 25.1 Å². The Hall–Kier alpha value is -2.61. The number of hydrogen-bond donors (Lipinski definition) is 2. The summed E-state index contributed by atoms with van der Waals surface area (Å²) >= 11 is 1.41. The van der Waals surface area contributed by atoms with Gasteiger partial charge in [0.2, 0.25) is 12.7 Å². The summed E-state index contributed by atoms with van der Waals surface area (Å²) in [6.45, 7) is 1.63. The van der Waals surface area contributed by atoms with E-state index in [1.54, 1.807) is 5.38 Å². The Morgan fingerprint density at radius 2 is 2.17 bits per heavy atom. The van der Waals surface area contributed by atoms with Crippen LogP contribution in [0.15, 0.2) is 23.6 Å². The quantitative estimate of drug-likeness (QED) is 0.863. The summed E-state index contributed by atoms with van der Waals surface area (Å²) in [6.07, 6.45) is 0.0403. The molecule has 1 aromatic heterocycles. The van der Waals surface area contributed by atoms with Crippen molar-refractivity contribution in [2.24, 2.45) is 0 Å². The average molecular weight is 334 g/mol. The van der Waals surface area contributed by atoms with E-state index in [-0.39, 0.29) is 19.1 Å². The molecule has 1 amide bonds. The highest BCUT2D eigenvalue weighted by atomic mass is 32.1. The number of rotatable bonds is 5. The highest BCUT2D eigenvalue weighted by Gasteiger charge is 2.17. The molecule has 0 fully saturated rings. The number of thiazole rings is 1. The fourth-order valence-corrected chi connectivity index (χ4v) is 2.89. The van der Waals surface area contributed by atoms with Crippen LogP contribution >= 0.6 is 11.3 Å². The first-order valence-corrected chi connectivity index (χ1v) is 7.77. The van der Waals surface area contributed by atoms with Crippen molar-refractivity contribution in [1.29, 1.82) is 0 Å². The minimum atomic E-state index is -1.07. The molecule has 0 bridgehead atoms. The number of carbonyl (C=O) groups is 2. The zero-order valence-corrected chi connectivity index (χ0v) is 13.1. The van der Waals surface area contributed by atoms with Gasteiger partial charge in [-0.15, -0.1) is 11.3 Å². The van der Waals surface area contributed by atoms with E-state index in [0.29, 0.717) is 17.2 Å². The van der Waals surface area contributed by atoms with Crippen LogP contribution in [0, 0.1) is 0 Å². The van der Waals surface area contributed by atoms with Gasteiger partial charge in [-0.25, -0.2) is 4.98 Å². The molecular weight excluding hydrogens is 320 g/mol. The van der Waals surface area contributed by atoms with Gasteiger partial charge in [0, 0.05) is 10.9 Å². The third-order valence-corrected chi connectivity index (χ3v) is 4.20. The highest BCUT2D eigenvalue weighted by Crippen LogP contribution is 2.36. The van der Waals surface area contributed by atoms with Crippen LogP contribution in [0.5, 0.6) is 11.5 Å². The number of amides is 1. The van der Waals surface area contributed by atoms with Gasteiger partial charge >= 0.3 is 5.97 Å².